The Morgan fingerprint density at radius 1 is 1.44 bits per heavy atom. The Bertz CT molecular complexity index is 313. The van der Waals surface area contributed by atoms with Crippen molar-refractivity contribution >= 4 is 5.97 Å². The summed E-state index contributed by atoms with van der Waals surface area (Å²) in [5.41, 5.74) is 1.09. The van der Waals surface area contributed by atoms with Crippen molar-refractivity contribution in [2.24, 2.45) is 0 Å². The molecule has 1 unspecified atom stereocenters. The maximum atomic E-state index is 10.3. The van der Waals surface area contributed by atoms with E-state index in [4.69, 9.17) is 9.84 Å². The molecule has 1 aromatic carbocycles. The van der Waals surface area contributed by atoms with Gasteiger partial charge in [0.1, 0.15) is 0 Å². The van der Waals surface area contributed by atoms with E-state index in [9.17, 15) is 4.79 Å². The molecule has 0 amide bonds. The summed E-state index contributed by atoms with van der Waals surface area (Å²) in [4.78, 5) is 10.3. The van der Waals surface area contributed by atoms with Crippen LogP contribution in [0.1, 0.15) is 18.1 Å². The minimum Gasteiger partial charge on any atom is -0.481 e. The van der Waals surface area contributed by atoms with Crippen molar-refractivity contribution in [2.45, 2.75) is 12.5 Å². The fourth-order valence-corrected chi connectivity index (χ4v) is 1.43. The zero-order valence-electron chi connectivity index (χ0n) is 9.35. The van der Waals surface area contributed by atoms with Gasteiger partial charge in [0, 0.05) is 20.2 Å². The van der Waals surface area contributed by atoms with Crippen LogP contribution in [0.4, 0.5) is 0 Å². The molecule has 0 heterocycles. The molecular formula is C12H17NO3. The SMILES string of the molecule is COC(CNCCC(=O)O)c1ccccc1. The third kappa shape index (κ3) is 4.42. The first-order chi connectivity index (χ1) is 7.74. The first-order valence-corrected chi connectivity index (χ1v) is 5.24. The highest BCUT2D eigenvalue weighted by Gasteiger charge is 2.09. The predicted octanol–water partition coefficient (Wildman–Crippen LogP) is 1.44. The molecule has 0 radical (unpaired) electrons. The van der Waals surface area contributed by atoms with Gasteiger partial charge in [-0.3, -0.25) is 4.79 Å². The van der Waals surface area contributed by atoms with Gasteiger partial charge in [0.25, 0.3) is 0 Å². The molecule has 0 fully saturated rings. The third-order valence-corrected chi connectivity index (χ3v) is 2.30. The number of rotatable bonds is 7. The maximum Gasteiger partial charge on any atom is 0.304 e. The lowest BCUT2D eigenvalue weighted by Crippen LogP contribution is -2.25. The molecule has 0 aliphatic carbocycles. The number of nitrogens with one attached hydrogen (secondary N) is 1. The molecule has 2 N–H and O–H groups in total. The number of carboxylic acid groups (broad SMARTS) is 1. The van der Waals surface area contributed by atoms with E-state index in [0.717, 1.165) is 5.56 Å². The Morgan fingerprint density at radius 3 is 2.69 bits per heavy atom. The first kappa shape index (κ1) is 12.7. The summed E-state index contributed by atoms with van der Waals surface area (Å²) < 4.78 is 5.33. The molecule has 1 rings (SSSR count). The van der Waals surface area contributed by atoms with Gasteiger partial charge in [0.15, 0.2) is 0 Å². The Morgan fingerprint density at radius 2 is 2.12 bits per heavy atom. The number of aliphatic carboxylic acids is 1. The van der Waals surface area contributed by atoms with Crippen LogP contribution >= 0.6 is 0 Å². The molecule has 0 aliphatic heterocycles. The Kier molecular flexibility index (Phi) is 5.53. The molecule has 16 heavy (non-hydrogen) atoms. The summed E-state index contributed by atoms with van der Waals surface area (Å²) >= 11 is 0. The van der Waals surface area contributed by atoms with E-state index in [1.807, 2.05) is 30.3 Å². The second-order valence-corrected chi connectivity index (χ2v) is 3.48. The number of ether oxygens (including phenoxy) is 1. The normalized spacial score (nSPS) is 12.3. The second kappa shape index (κ2) is 6.98. The van der Waals surface area contributed by atoms with Gasteiger partial charge in [-0.05, 0) is 5.56 Å². The minimum atomic E-state index is -0.791. The average molecular weight is 223 g/mol. The molecule has 4 heteroatoms. The van der Waals surface area contributed by atoms with Crippen LogP contribution in [0, 0.1) is 0 Å². The molecule has 0 aromatic heterocycles. The van der Waals surface area contributed by atoms with E-state index in [-0.39, 0.29) is 12.5 Å². The molecule has 1 atom stereocenters. The van der Waals surface area contributed by atoms with E-state index < -0.39 is 5.97 Å². The fourth-order valence-electron chi connectivity index (χ4n) is 1.43. The lowest BCUT2D eigenvalue weighted by Gasteiger charge is -2.16. The van der Waals surface area contributed by atoms with Gasteiger partial charge < -0.3 is 15.2 Å². The molecular weight excluding hydrogens is 206 g/mol. The van der Waals surface area contributed by atoms with Crippen LogP contribution in [0.2, 0.25) is 0 Å². The van der Waals surface area contributed by atoms with E-state index >= 15 is 0 Å². The topological polar surface area (TPSA) is 58.6 Å². The van der Waals surface area contributed by atoms with Crippen LogP contribution in [0.25, 0.3) is 0 Å². The fraction of sp³-hybridized carbons (Fsp3) is 0.417. The molecule has 0 aliphatic rings. The zero-order chi connectivity index (χ0) is 11.8. The van der Waals surface area contributed by atoms with Crippen LogP contribution in [0.5, 0.6) is 0 Å². The number of benzene rings is 1. The van der Waals surface area contributed by atoms with Crippen LogP contribution in [-0.4, -0.2) is 31.3 Å². The van der Waals surface area contributed by atoms with Crippen molar-refractivity contribution in [1.82, 2.24) is 5.32 Å². The van der Waals surface area contributed by atoms with Crippen LogP contribution in [0.15, 0.2) is 30.3 Å². The van der Waals surface area contributed by atoms with Crippen molar-refractivity contribution in [1.29, 1.82) is 0 Å². The molecule has 88 valence electrons. The van der Waals surface area contributed by atoms with Crippen molar-refractivity contribution < 1.29 is 14.6 Å². The number of hydrogen-bond acceptors (Lipinski definition) is 3. The molecule has 0 saturated carbocycles. The average Bonchev–Trinajstić information content (AvgIpc) is 2.30. The number of carbonyl (C=O) groups is 1. The summed E-state index contributed by atoms with van der Waals surface area (Å²) in [6, 6.07) is 9.85. The van der Waals surface area contributed by atoms with Crippen LogP contribution in [0.3, 0.4) is 0 Å². The Hall–Kier alpha value is -1.39. The highest BCUT2D eigenvalue weighted by atomic mass is 16.5. The van der Waals surface area contributed by atoms with Crippen LogP contribution < -0.4 is 5.32 Å². The van der Waals surface area contributed by atoms with Crippen molar-refractivity contribution in [2.75, 3.05) is 20.2 Å². The summed E-state index contributed by atoms with van der Waals surface area (Å²) in [6.07, 6.45) is 0.0978. The lowest BCUT2D eigenvalue weighted by atomic mass is 10.1. The lowest BCUT2D eigenvalue weighted by molar-refractivity contribution is -0.136. The summed E-state index contributed by atoms with van der Waals surface area (Å²) in [6.45, 7) is 1.08. The van der Waals surface area contributed by atoms with Gasteiger partial charge in [0.05, 0.1) is 12.5 Å². The number of methoxy groups -OCH3 is 1. The zero-order valence-corrected chi connectivity index (χ0v) is 9.35. The quantitative estimate of drug-likeness (QED) is 0.687. The van der Waals surface area contributed by atoms with Gasteiger partial charge >= 0.3 is 5.97 Å². The minimum absolute atomic E-state index is 0.0324. The van der Waals surface area contributed by atoms with Crippen molar-refractivity contribution in [3.8, 4) is 0 Å². The molecule has 0 bridgehead atoms. The molecule has 1 aromatic rings. The van der Waals surface area contributed by atoms with Crippen molar-refractivity contribution in [3.63, 3.8) is 0 Å². The predicted molar refractivity (Wildman–Crippen MR) is 61.3 cm³/mol. The van der Waals surface area contributed by atoms with Gasteiger partial charge in [0.2, 0.25) is 0 Å². The van der Waals surface area contributed by atoms with E-state index in [0.29, 0.717) is 13.1 Å². The van der Waals surface area contributed by atoms with E-state index in [1.165, 1.54) is 0 Å². The number of carboxylic acids is 1. The van der Waals surface area contributed by atoms with E-state index in [2.05, 4.69) is 5.32 Å². The largest absolute Gasteiger partial charge is 0.481 e. The van der Waals surface area contributed by atoms with Gasteiger partial charge in [-0.2, -0.15) is 0 Å². The first-order valence-electron chi connectivity index (χ1n) is 5.24. The Balaban J connectivity index is 2.35. The van der Waals surface area contributed by atoms with Gasteiger partial charge in [-0.25, -0.2) is 0 Å². The summed E-state index contributed by atoms with van der Waals surface area (Å²) in [7, 11) is 1.65. The van der Waals surface area contributed by atoms with Gasteiger partial charge in [-0.15, -0.1) is 0 Å². The van der Waals surface area contributed by atoms with Crippen molar-refractivity contribution in [3.05, 3.63) is 35.9 Å². The van der Waals surface area contributed by atoms with E-state index in [1.54, 1.807) is 7.11 Å². The second-order valence-electron chi connectivity index (χ2n) is 3.48. The van der Waals surface area contributed by atoms with Crippen LogP contribution in [-0.2, 0) is 9.53 Å². The summed E-state index contributed by atoms with van der Waals surface area (Å²) in [5.74, 6) is -0.791. The highest BCUT2D eigenvalue weighted by Crippen LogP contribution is 2.14. The smallest absolute Gasteiger partial charge is 0.304 e. The molecule has 0 spiro atoms. The summed E-state index contributed by atoms with van der Waals surface area (Å²) in [5, 5.41) is 11.5. The molecule has 4 nitrogen and oxygen atoms in total. The standard InChI is InChI=1S/C12H17NO3/c1-16-11(9-13-8-7-12(14)15)10-5-3-2-4-6-10/h2-6,11,13H,7-9H2,1H3,(H,14,15). The highest BCUT2D eigenvalue weighted by molar-refractivity contribution is 5.66. The Labute approximate surface area is 95.2 Å². The maximum absolute atomic E-state index is 10.3. The third-order valence-electron chi connectivity index (χ3n) is 2.30. The van der Waals surface area contributed by atoms with Gasteiger partial charge in [-0.1, -0.05) is 30.3 Å². The molecule has 0 saturated heterocycles. The monoisotopic (exact) mass is 223 g/mol. The number of hydrogen-bond donors (Lipinski definition) is 2.